The molecule has 0 spiro atoms. The molecule has 0 bridgehead atoms. The van der Waals surface area contributed by atoms with Crippen LogP contribution in [-0.4, -0.2) is 28.7 Å². The monoisotopic (exact) mass is 422 g/mol. The Hall–Kier alpha value is -3.27. The van der Waals surface area contributed by atoms with Crippen molar-refractivity contribution in [3.8, 4) is 23.8 Å². The van der Waals surface area contributed by atoms with Crippen molar-refractivity contribution in [2.45, 2.75) is 16.9 Å². The summed E-state index contributed by atoms with van der Waals surface area (Å²) in [5, 5.41) is 0. The second-order valence-corrected chi connectivity index (χ2v) is 7.99. The average Bonchev–Trinajstić information content (AvgIpc) is 2.79. The molecule has 154 valence electrons. The van der Waals surface area contributed by atoms with E-state index >= 15 is 0 Å². The first kappa shape index (κ1) is 21.4. The molecule has 0 heterocycles. The summed E-state index contributed by atoms with van der Waals surface area (Å²) in [7, 11) is -1.36. The van der Waals surface area contributed by atoms with Crippen molar-refractivity contribution in [1.82, 2.24) is 0 Å². The zero-order valence-electron chi connectivity index (χ0n) is 16.7. The van der Waals surface area contributed by atoms with Crippen LogP contribution < -0.4 is 9.47 Å². The first-order chi connectivity index (χ1) is 14.5. The van der Waals surface area contributed by atoms with Crippen LogP contribution in [0.4, 0.5) is 0 Å². The summed E-state index contributed by atoms with van der Waals surface area (Å²) >= 11 is 0. The van der Waals surface area contributed by atoms with Gasteiger partial charge in [-0.05, 0) is 23.3 Å². The molecule has 0 aromatic heterocycles. The molecule has 1 atom stereocenters. The minimum atomic E-state index is -4.22. The smallest absolute Gasteiger partial charge is 0.301 e. The molecular formula is C24H22O5S. The van der Waals surface area contributed by atoms with Crippen molar-refractivity contribution in [2.24, 2.45) is 0 Å². The molecule has 0 fully saturated rings. The topological polar surface area (TPSA) is 61.8 Å². The zero-order valence-corrected chi connectivity index (χ0v) is 17.5. The molecule has 6 heteroatoms. The molecule has 3 aromatic carbocycles. The van der Waals surface area contributed by atoms with Gasteiger partial charge in [-0.25, -0.2) is 4.18 Å². The van der Waals surface area contributed by atoms with Gasteiger partial charge in [0.05, 0.1) is 14.2 Å². The van der Waals surface area contributed by atoms with Crippen molar-refractivity contribution in [2.75, 3.05) is 14.2 Å². The van der Waals surface area contributed by atoms with Gasteiger partial charge in [0.1, 0.15) is 22.5 Å². The second-order valence-electron chi connectivity index (χ2n) is 6.45. The van der Waals surface area contributed by atoms with Crippen molar-refractivity contribution < 1.29 is 22.1 Å². The number of methoxy groups -OCH3 is 2. The fraction of sp³-hybridized carbons (Fsp3) is 0.167. The summed E-state index contributed by atoms with van der Waals surface area (Å²) in [6.45, 7) is 0. The minimum absolute atomic E-state index is 0.112. The lowest BCUT2D eigenvalue weighted by molar-refractivity contribution is 0.244. The Morgan fingerprint density at radius 1 is 0.833 bits per heavy atom. The van der Waals surface area contributed by atoms with E-state index in [2.05, 4.69) is 5.92 Å². The predicted molar refractivity (Wildman–Crippen MR) is 115 cm³/mol. The van der Waals surface area contributed by atoms with Gasteiger partial charge in [0.2, 0.25) is 0 Å². The molecule has 0 amide bonds. The van der Waals surface area contributed by atoms with E-state index in [1.807, 2.05) is 60.7 Å². The van der Waals surface area contributed by atoms with Gasteiger partial charge in [-0.1, -0.05) is 66.6 Å². The molecule has 30 heavy (non-hydrogen) atoms. The standard InChI is InChI=1S/C24H22O5S/c1-4-21(24(18-11-7-5-8-12-18)19-13-9-6-10-14-19)29-30(25,26)23-16-15-20(27-2)17-22(23)28-3/h1,5-17,21,24H,2-3H3. The number of rotatable bonds is 8. The molecule has 1 unspecified atom stereocenters. The van der Waals surface area contributed by atoms with Crippen LogP contribution in [-0.2, 0) is 14.3 Å². The van der Waals surface area contributed by atoms with E-state index in [1.165, 1.54) is 32.4 Å². The number of hydrogen-bond donors (Lipinski definition) is 0. The van der Waals surface area contributed by atoms with E-state index in [-0.39, 0.29) is 10.6 Å². The zero-order chi connectivity index (χ0) is 21.6. The normalized spacial score (nSPS) is 12.2. The molecule has 0 saturated heterocycles. The summed E-state index contributed by atoms with van der Waals surface area (Å²) in [5.41, 5.74) is 1.70. The number of benzene rings is 3. The number of hydrogen-bond acceptors (Lipinski definition) is 5. The molecule has 0 aliphatic carbocycles. The van der Waals surface area contributed by atoms with Crippen LogP contribution in [0.25, 0.3) is 0 Å². The van der Waals surface area contributed by atoms with Gasteiger partial charge in [-0.15, -0.1) is 6.42 Å². The van der Waals surface area contributed by atoms with E-state index < -0.39 is 22.1 Å². The fourth-order valence-electron chi connectivity index (χ4n) is 3.21. The second kappa shape index (κ2) is 9.49. The van der Waals surface area contributed by atoms with E-state index in [9.17, 15) is 8.42 Å². The Morgan fingerprint density at radius 3 is 1.87 bits per heavy atom. The summed E-state index contributed by atoms with van der Waals surface area (Å²) in [6, 6.07) is 23.2. The van der Waals surface area contributed by atoms with E-state index in [0.29, 0.717) is 5.75 Å². The van der Waals surface area contributed by atoms with Crippen LogP contribution >= 0.6 is 0 Å². The number of ether oxygens (including phenoxy) is 2. The van der Waals surface area contributed by atoms with Gasteiger partial charge in [-0.3, -0.25) is 0 Å². The molecule has 0 aliphatic heterocycles. The molecule has 5 nitrogen and oxygen atoms in total. The van der Waals surface area contributed by atoms with Gasteiger partial charge in [0.15, 0.2) is 0 Å². The average molecular weight is 423 g/mol. The van der Waals surface area contributed by atoms with Gasteiger partial charge >= 0.3 is 10.1 Å². The van der Waals surface area contributed by atoms with Crippen LogP contribution in [0.2, 0.25) is 0 Å². The van der Waals surface area contributed by atoms with Gasteiger partial charge in [-0.2, -0.15) is 8.42 Å². The highest BCUT2D eigenvalue weighted by Gasteiger charge is 2.31. The Balaban J connectivity index is 2.03. The molecule has 0 radical (unpaired) electrons. The molecule has 0 aliphatic rings. The Bertz CT molecular complexity index is 1080. The predicted octanol–water partition coefficient (Wildman–Crippen LogP) is 4.24. The first-order valence-corrected chi connectivity index (χ1v) is 10.6. The van der Waals surface area contributed by atoms with E-state index in [1.54, 1.807) is 0 Å². The summed E-state index contributed by atoms with van der Waals surface area (Å²) in [5.74, 6) is 2.62. The third kappa shape index (κ3) is 4.65. The van der Waals surface area contributed by atoms with Crippen LogP contribution in [0.3, 0.4) is 0 Å². The highest BCUT2D eigenvalue weighted by molar-refractivity contribution is 7.86. The van der Waals surface area contributed by atoms with E-state index in [4.69, 9.17) is 20.1 Å². The van der Waals surface area contributed by atoms with E-state index in [0.717, 1.165) is 11.1 Å². The molecule has 3 aromatic rings. The third-order valence-electron chi connectivity index (χ3n) is 4.65. The van der Waals surface area contributed by atoms with Crippen molar-refractivity contribution >= 4 is 10.1 Å². The number of terminal acetylenes is 1. The maximum atomic E-state index is 13.1. The lowest BCUT2D eigenvalue weighted by atomic mass is 9.87. The lowest BCUT2D eigenvalue weighted by Gasteiger charge is -2.24. The Labute approximate surface area is 177 Å². The minimum Gasteiger partial charge on any atom is -0.497 e. The first-order valence-electron chi connectivity index (χ1n) is 9.21. The highest BCUT2D eigenvalue weighted by atomic mass is 32.2. The SMILES string of the molecule is C#CC(OS(=O)(=O)c1ccc(OC)cc1OC)C(c1ccccc1)c1ccccc1. The molecular weight excluding hydrogens is 400 g/mol. The fourth-order valence-corrected chi connectivity index (χ4v) is 4.38. The van der Waals surface area contributed by atoms with Crippen LogP contribution in [0.15, 0.2) is 83.8 Å². The van der Waals surface area contributed by atoms with Crippen LogP contribution in [0, 0.1) is 12.3 Å². The maximum Gasteiger partial charge on any atom is 0.301 e. The largest absolute Gasteiger partial charge is 0.497 e. The molecule has 3 rings (SSSR count). The Kier molecular flexibility index (Phi) is 6.78. The van der Waals surface area contributed by atoms with Crippen LogP contribution in [0.5, 0.6) is 11.5 Å². The summed E-state index contributed by atoms with van der Waals surface area (Å²) in [4.78, 5) is -0.120. The van der Waals surface area contributed by atoms with Gasteiger partial charge in [0.25, 0.3) is 0 Å². The Morgan fingerprint density at radius 2 is 1.40 bits per heavy atom. The van der Waals surface area contributed by atoms with Gasteiger partial charge < -0.3 is 9.47 Å². The summed E-state index contributed by atoms with van der Waals surface area (Å²) < 4.78 is 42.2. The van der Waals surface area contributed by atoms with Crippen molar-refractivity contribution in [3.63, 3.8) is 0 Å². The molecule has 0 N–H and O–H groups in total. The van der Waals surface area contributed by atoms with Crippen LogP contribution in [0.1, 0.15) is 17.0 Å². The summed E-state index contributed by atoms with van der Waals surface area (Å²) in [6.07, 6.45) is 4.70. The quantitative estimate of drug-likeness (QED) is 0.401. The lowest BCUT2D eigenvalue weighted by Crippen LogP contribution is -2.25. The van der Waals surface area contributed by atoms with Crippen molar-refractivity contribution in [1.29, 1.82) is 0 Å². The maximum absolute atomic E-state index is 13.1. The molecule has 0 saturated carbocycles. The third-order valence-corrected chi connectivity index (χ3v) is 5.99. The highest BCUT2D eigenvalue weighted by Crippen LogP contribution is 2.34. The van der Waals surface area contributed by atoms with Crippen molar-refractivity contribution in [3.05, 3.63) is 90.0 Å². The van der Waals surface area contributed by atoms with Gasteiger partial charge in [0, 0.05) is 12.0 Å².